The molecule has 0 aromatic carbocycles. The van der Waals surface area contributed by atoms with Crippen LogP contribution in [-0.4, -0.2) is 52.2 Å². The molecule has 1 aliphatic carbocycles. The summed E-state index contributed by atoms with van der Waals surface area (Å²) in [5, 5.41) is 13.9. The molecule has 1 saturated heterocycles. The molecule has 1 unspecified atom stereocenters. The van der Waals surface area contributed by atoms with E-state index < -0.39 is 5.60 Å². The fourth-order valence-electron chi connectivity index (χ4n) is 4.13. The molecule has 1 aromatic rings. The van der Waals surface area contributed by atoms with E-state index in [0.29, 0.717) is 0 Å². The fourth-order valence-corrected chi connectivity index (χ4v) is 4.13. The van der Waals surface area contributed by atoms with Gasteiger partial charge in [0.2, 0.25) is 5.91 Å². The Morgan fingerprint density at radius 1 is 1.36 bits per heavy atom. The van der Waals surface area contributed by atoms with Crippen molar-refractivity contribution in [3.8, 4) is 0 Å². The lowest BCUT2D eigenvalue weighted by Gasteiger charge is -2.40. The Bertz CT molecular complexity index is 549. The van der Waals surface area contributed by atoms with Crippen molar-refractivity contribution in [2.45, 2.75) is 69.4 Å². The number of aromatic nitrogens is 1. The average molecular weight is 345 g/mol. The number of piperidine rings is 1. The van der Waals surface area contributed by atoms with Gasteiger partial charge in [0.05, 0.1) is 11.5 Å². The highest BCUT2D eigenvalue weighted by molar-refractivity contribution is 5.83. The van der Waals surface area contributed by atoms with Crippen molar-refractivity contribution in [1.82, 2.24) is 15.2 Å². The Labute approximate surface area is 150 Å². The lowest BCUT2D eigenvalue weighted by Crippen LogP contribution is -2.50. The topological polar surface area (TPSA) is 65.5 Å². The molecule has 2 aliphatic rings. The van der Waals surface area contributed by atoms with Crippen molar-refractivity contribution in [2.24, 2.45) is 0 Å². The maximum absolute atomic E-state index is 12.5. The van der Waals surface area contributed by atoms with E-state index in [1.807, 2.05) is 19.1 Å². The van der Waals surface area contributed by atoms with Gasteiger partial charge in [0.15, 0.2) is 0 Å². The van der Waals surface area contributed by atoms with Gasteiger partial charge < -0.3 is 15.3 Å². The number of amides is 1. The lowest BCUT2D eigenvalue weighted by atomic mass is 9.84. The summed E-state index contributed by atoms with van der Waals surface area (Å²) in [4.78, 5) is 18.9. The van der Waals surface area contributed by atoms with Gasteiger partial charge in [-0.25, -0.2) is 0 Å². The summed E-state index contributed by atoms with van der Waals surface area (Å²) >= 11 is 0. The van der Waals surface area contributed by atoms with Crippen LogP contribution < -0.4 is 5.32 Å². The number of likely N-dealkylation sites (tertiary alicyclic amines) is 1. The highest BCUT2D eigenvalue weighted by atomic mass is 16.3. The number of aliphatic hydroxyl groups is 1. The van der Waals surface area contributed by atoms with E-state index in [9.17, 15) is 9.90 Å². The number of rotatable bonds is 5. The molecule has 25 heavy (non-hydrogen) atoms. The average Bonchev–Trinajstić information content (AvgIpc) is 2.64. The summed E-state index contributed by atoms with van der Waals surface area (Å²) in [5.74, 6) is -0.0907. The molecule has 2 N–H and O–H groups in total. The van der Waals surface area contributed by atoms with Crippen molar-refractivity contribution < 1.29 is 9.90 Å². The van der Waals surface area contributed by atoms with Crippen molar-refractivity contribution >= 4 is 5.91 Å². The zero-order chi connectivity index (χ0) is 17.7. The number of carbonyl (C=O) groups is 1. The van der Waals surface area contributed by atoms with Crippen molar-refractivity contribution in [3.63, 3.8) is 0 Å². The molecule has 1 aliphatic heterocycles. The number of hydrogen-bond donors (Lipinski definition) is 2. The molecule has 0 bridgehead atoms. The van der Waals surface area contributed by atoms with Crippen LogP contribution >= 0.6 is 0 Å². The lowest BCUT2D eigenvalue weighted by molar-refractivity contribution is -0.123. The van der Waals surface area contributed by atoms with Crippen LogP contribution in [0.5, 0.6) is 0 Å². The van der Waals surface area contributed by atoms with Crippen LogP contribution in [0.15, 0.2) is 24.5 Å². The smallest absolute Gasteiger partial charge is 0.227 e. The summed E-state index contributed by atoms with van der Waals surface area (Å²) in [6, 6.07) is 4.06. The summed E-state index contributed by atoms with van der Waals surface area (Å²) in [6.45, 7) is 4.63. The number of β-amino-alcohol motifs (C(OH)–C–C–N with tert-alkyl or cyclic N) is 1. The zero-order valence-electron chi connectivity index (χ0n) is 15.3. The first-order chi connectivity index (χ1) is 12.1. The molecule has 1 aromatic heterocycles. The number of nitrogens with zero attached hydrogens (tertiary/aromatic N) is 2. The number of pyridine rings is 1. The third-order valence-corrected chi connectivity index (χ3v) is 5.81. The van der Waals surface area contributed by atoms with Crippen LogP contribution in [-0.2, 0) is 4.79 Å². The number of hydrogen-bond acceptors (Lipinski definition) is 4. The summed E-state index contributed by atoms with van der Waals surface area (Å²) in [6.07, 6.45) is 10.8. The zero-order valence-corrected chi connectivity index (χ0v) is 15.3. The summed E-state index contributed by atoms with van der Waals surface area (Å²) in [5.41, 5.74) is 0.473. The molecule has 2 heterocycles. The maximum atomic E-state index is 12.5. The SMILES string of the molecule is CC(C(=O)NC1CCN(CC2(O)CCCCC2)CC1)c1cccnc1. The first kappa shape index (κ1) is 18.3. The van der Waals surface area contributed by atoms with E-state index in [1.54, 1.807) is 12.4 Å². The quantitative estimate of drug-likeness (QED) is 0.860. The predicted molar refractivity (Wildman–Crippen MR) is 98.3 cm³/mol. The van der Waals surface area contributed by atoms with Gasteiger partial charge in [0, 0.05) is 38.1 Å². The predicted octanol–water partition coefficient (Wildman–Crippen LogP) is 2.46. The highest BCUT2D eigenvalue weighted by Gasteiger charge is 2.33. The van der Waals surface area contributed by atoms with Gasteiger partial charge >= 0.3 is 0 Å². The molecule has 0 spiro atoms. The van der Waals surface area contributed by atoms with E-state index >= 15 is 0 Å². The van der Waals surface area contributed by atoms with Gasteiger partial charge in [-0.2, -0.15) is 0 Å². The normalized spacial score (nSPS) is 23.1. The molecule has 138 valence electrons. The van der Waals surface area contributed by atoms with Gasteiger partial charge in [-0.15, -0.1) is 0 Å². The van der Waals surface area contributed by atoms with E-state index in [-0.39, 0.29) is 17.9 Å². The third-order valence-electron chi connectivity index (χ3n) is 5.81. The Kier molecular flexibility index (Phi) is 6.07. The molecular weight excluding hydrogens is 314 g/mol. The monoisotopic (exact) mass is 345 g/mol. The second kappa shape index (κ2) is 8.28. The summed E-state index contributed by atoms with van der Waals surface area (Å²) in [7, 11) is 0. The Balaban J connectivity index is 1.44. The van der Waals surface area contributed by atoms with Crippen LogP contribution in [0, 0.1) is 0 Å². The Morgan fingerprint density at radius 3 is 2.72 bits per heavy atom. The molecular formula is C20H31N3O2. The van der Waals surface area contributed by atoms with Gasteiger partial charge in [0.25, 0.3) is 0 Å². The Hall–Kier alpha value is -1.46. The van der Waals surface area contributed by atoms with E-state index in [1.165, 1.54) is 6.42 Å². The number of nitrogens with one attached hydrogen (secondary N) is 1. The molecule has 5 heteroatoms. The van der Waals surface area contributed by atoms with E-state index in [4.69, 9.17) is 0 Å². The standard InChI is InChI=1S/C20H31N3O2/c1-16(17-6-5-11-21-14-17)19(24)22-18-7-12-23(13-8-18)15-20(25)9-3-2-4-10-20/h5-6,11,14,16,18,25H,2-4,7-10,12-13,15H2,1H3,(H,22,24). The minimum Gasteiger partial charge on any atom is -0.389 e. The van der Waals surface area contributed by atoms with E-state index in [2.05, 4.69) is 15.2 Å². The minimum atomic E-state index is -0.483. The van der Waals surface area contributed by atoms with Crippen LogP contribution in [0.2, 0.25) is 0 Å². The molecule has 1 amide bonds. The van der Waals surface area contributed by atoms with Gasteiger partial charge in [0.1, 0.15) is 0 Å². The van der Waals surface area contributed by atoms with Gasteiger partial charge in [-0.1, -0.05) is 25.3 Å². The fraction of sp³-hybridized carbons (Fsp3) is 0.700. The van der Waals surface area contributed by atoms with Gasteiger partial charge in [-0.3, -0.25) is 9.78 Å². The van der Waals surface area contributed by atoms with Crippen molar-refractivity contribution in [2.75, 3.05) is 19.6 Å². The third kappa shape index (κ3) is 5.02. The Morgan fingerprint density at radius 2 is 2.08 bits per heavy atom. The van der Waals surface area contributed by atoms with Gasteiger partial charge in [-0.05, 0) is 44.2 Å². The maximum Gasteiger partial charge on any atom is 0.227 e. The first-order valence-corrected chi connectivity index (χ1v) is 9.71. The molecule has 2 fully saturated rings. The van der Waals surface area contributed by atoms with E-state index in [0.717, 1.165) is 63.7 Å². The van der Waals surface area contributed by atoms with Crippen LogP contribution in [0.3, 0.4) is 0 Å². The molecule has 1 saturated carbocycles. The number of carbonyl (C=O) groups excluding carboxylic acids is 1. The van der Waals surface area contributed by atoms with Crippen LogP contribution in [0.1, 0.15) is 63.4 Å². The van der Waals surface area contributed by atoms with Crippen molar-refractivity contribution in [3.05, 3.63) is 30.1 Å². The molecule has 1 atom stereocenters. The molecule has 3 rings (SSSR count). The summed E-state index contributed by atoms with van der Waals surface area (Å²) < 4.78 is 0. The largest absolute Gasteiger partial charge is 0.389 e. The van der Waals surface area contributed by atoms with Crippen LogP contribution in [0.4, 0.5) is 0 Å². The molecule has 0 radical (unpaired) electrons. The second-order valence-corrected chi connectivity index (χ2v) is 7.85. The van der Waals surface area contributed by atoms with Crippen molar-refractivity contribution in [1.29, 1.82) is 0 Å². The van der Waals surface area contributed by atoms with Crippen LogP contribution in [0.25, 0.3) is 0 Å². The highest BCUT2D eigenvalue weighted by Crippen LogP contribution is 2.29. The first-order valence-electron chi connectivity index (χ1n) is 9.71. The minimum absolute atomic E-state index is 0.0809. The second-order valence-electron chi connectivity index (χ2n) is 7.85. The molecule has 5 nitrogen and oxygen atoms in total.